The lowest BCUT2D eigenvalue weighted by atomic mass is 10.1. The summed E-state index contributed by atoms with van der Waals surface area (Å²) in [5, 5.41) is 22.9. The predicted octanol–water partition coefficient (Wildman–Crippen LogP) is 2.05. The van der Waals surface area contributed by atoms with Gasteiger partial charge in [-0.1, -0.05) is 13.3 Å². The number of nitro groups is 1. The second-order valence-corrected chi connectivity index (χ2v) is 5.06. The van der Waals surface area contributed by atoms with E-state index in [1.165, 1.54) is 20.3 Å². The Morgan fingerprint density at radius 2 is 2.08 bits per heavy atom. The molecule has 1 rings (SSSR count). The largest absolute Gasteiger partial charge is 0.493 e. The number of hydrogen-bond acceptors (Lipinski definition) is 7. The lowest BCUT2D eigenvalue weighted by Gasteiger charge is -2.14. The van der Waals surface area contributed by atoms with Crippen LogP contribution in [0.15, 0.2) is 12.1 Å². The molecule has 1 aromatic rings. The molecule has 0 aliphatic carbocycles. The van der Waals surface area contributed by atoms with Gasteiger partial charge in [0.25, 0.3) is 11.6 Å². The fourth-order valence-electron chi connectivity index (χ4n) is 2.08. The minimum atomic E-state index is -0.722. The number of nitrogens with zero attached hydrogens (tertiary/aromatic N) is 2. The molecule has 0 aliphatic rings. The number of ether oxygens (including phenoxy) is 3. The number of hydrogen-bond donors (Lipinski definition) is 1. The van der Waals surface area contributed by atoms with E-state index in [-0.39, 0.29) is 23.7 Å². The summed E-state index contributed by atoms with van der Waals surface area (Å²) in [7, 11) is 2.86. The van der Waals surface area contributed by atoms with Crippen LogP contribution in [-0.4, -0.2) is 44.3 Å². The van der Waals surface area contributed by atoms with Crippen LogP contribution in [0.25, 0.3) is 0 Å². The predicted molar refractivity (Wildman–Crippen MR) is 88.8 cm³/mol. The molecular formula is C16H21N3O6. The Balaban J connectivity index is 3.18. The summed E-state index contributed by atoms with van der Waals surface area (Å²) >= 11 is 0. The summed E-state index contributed by atoms with van der Waals surface area (Å²) in [6.07, 6.45) is 1.14. The number of benzene rings is 1. The first kappa shape index (κ1) is 20.2. The number of nitriles is 1. The number of amides is 1. The van der Waals surface area contributed by atoms with E-state index >= 15 is 0 Å². The quantitative estimate of drug-likeness (QED) is 0.388. The molecule has 1 atom stereocenters. The highest BCUT2D eigenvalue weighted by molar-refractivity contribution is 5.99. The molecule has 9 nitrogen and oxygen atoms in total. The van der Waals surface area contributed by atoms with Gasteiger partial charge < -0.3 is 19.5 Å². The molecule has 0 saturated carbocycles. The summed E-state index contributed by atoms with van der Waals surface area (Å²) in [4.78, 5) is 23.0. The Labute approximate surface area is 145 Å². The molecule has 0 aromatic heterocycles. The Morgan fingerprint density at radius 1 is 1.36 bits per heavy atom. The maximum absolute atomic E-state index is 12.4. The van der Waals surface area contributed by atoms with Crippen LogP contribution in [0.1, 0.15) is 30.1 Å². The zero-order valence-corrected chi connectivity index (χ0v) is 14.4. The second-order valence-electron chi connectivity index (χ2n) is 5.06. The lowest BCUT2D eigenvalue weighted by molar-refractivity contribution is -0.385. The normalized spacial score (nSPS) is 11.3. The van der Waals surface area contributed by atoms with E-state index in [4.69, 9.17) is 19.5 Å². The molecule has 136 valence electrons. The van der Waals surface area contributed by atoms with Crippen LogP contribution < -0.4 is 14.8 Å². The van der Waals surface area contributed by atoms with Crippen LogP contribution in [0.2, 0.25) is 0 Å². The number of carbonyl (C=O) groups is 1. The number of methoxy groups -OCH3 is 2. The average molecular weight is 351 g/mol. The van der Waals surface area contributed by atoms with Crippen LogP contribution in [-0.2, 0) is 4.74 Å². The van der Waals surface area contributed by atoms with Gasteiger partial charge >= 0.3 is 0 Å². The van der Waals surface area contributed by atoms with Gasteiger partial charge in [0.15, 0.2) is 11.5 Å². The van der Waals surface area contributed by atoms with Crippen molar-refractivity contribution in [2.75, 3.05) is 27.4 Å². The molecule has 0 fully saturated rings. The van der Waals surface area contributed by atoms with Crippen LogP contribution in [0.5, 0.6) is 11.5 Å². The maximum atomic E-state index is 12.4. The molecule has 0 heterocycles. The summed E-state index contributed by atoms with van der Waals surface area (Å²) in [6, 6.07) is 3.60. The third kappa shape index (κ3) is 5.61. The van der Waals surface area contributed by atoms with Crippen LogP contribution in [0.3, 0.4) is 0 Å². The van der Waals surface area contributed by atoms with Crippen molar-refractivity contribution in [2.24, 2.45) is 0 Å². The van der Waals surface area contributed by atoms with Crippen molar-refractivity contribution in [3.63, 3.8) is 0 Å². The van der Waals surface area contributed by atoms with E-state index in [1.807, 2.05) is 13.0 Å². The zero-order valence-electron chi connectivity index (χ0n) is 14.4. The molecule has 0 saturated heterocycles. The van der Waals surface area contributed by atoms with Gasteiger partial charge in [-0.05, 0) is 6.42 Å². The number of carbonyl (C=O) groups excluding carboxylic acids is 1. The third-order valence-electron chi connectivity index (χ3n) is 3.31. The smallest absolute Gasteiger partial charge is 0.286 e. The Kier molecular flexibility index (Phi) is 8.15. The van der Waals surface area contributed by atoms with Gasteiger partial charge in [0.05, 0.1) is 30.8 Å². The Hall–Kier alpha value is -2.86. The van der Waals surface area contributed by atoms with Gasteiger partial charge in [-0.15, -0.1) is 0 Å². The fraction of sp³-hybridized carbons (Fsp3) is 0.500. The fourth-order valence-corrected chi connectivity index (χ4v) is 2.08. The molecule has 0 unspecified atom stereocenters. The first-order chi connectivity index (χ1) is 12.0. The van der Waals surface area contributed by atoms with E-state index in [0.717, 1.165) is 6.07 Å². The summed E-state index contributed by atoms with van der Waals surface area (Å²) in [6.45, 7) is 2.33. The van der Waals surface area contributed by atoms with Gasteiger partial charge in [0.1, 0.15) is 18.2 Å². The van der Waals surface area contributed by atoms with Crippen LogP contribution >= 0.6 is 0 Å². The van der Waals surface area contributed by atoms with E-state index in [0.29, 0.717) is 19.4 Å². The topological polar surface area (TPSA) is 124 Å². The van der Waals surface area contributed by atoms with Crippen molar-refractivity contribution in [3.05, 3.63) is 27.8 Å². The summed E-state index contributed by atoms with van der Waals surface area (Å²) in [5.41, 5.74) is -0.629. The standard InChI is InChI=1S/C16H21N3O6/c1-4-5-11(10-17)18-16(20)12-8-14(24-3)15(25-7-6-23-2)9-13(12)19(21)22/h8-9,11H,4-7H2,1-3H3,(H,18,20)/t11-/m1/s1. The third-order valence-corrected chi connectivity index (χ3v) is 3.31. The van der Waals surface area contributed by atoms with Crippen molar-refractivity contribution in [1.29, 1.82) is 5.26 Å². The monoisotopic (exact) mass is 351 g/mol. The molecular weight excluding hydrogens is 330 g/mol. The highest BCUT2D eigenvalue weighted by Crippen LogP contribution is 2.34. The molecule has 1 amide bonds. The van der Waals surface area contributed by atoms with Gasteiger partial charge in [-0.2, -0.15) is 5.26 Å². The van der Waals surface area contributed by atoms with Crippen LogP contribution in [0.4, 0.5) is 5.69 Å². The molecule has 0 aliphatic heterocycles. The highest BCUT2D eigenvalue weighted by Gasteiger charge is 2.26. The molecule has 0 spiro atoms. The second kappa shape index (κ2) is 10.1. The van der Waals surface area contributed by atoms with Crippen molar-refractivity contribution >= 4 is 11.6 Å². The Bertz CT molecular complexity index is 656. The molecule has 0 bridgehead atoms. The zero-order chi connectivity index (χ0) is 18.8. The van der Waals surface area contributed by atoms with Crippen LogP contribution in [0, 0.1) is 21.4 Å². The molecule has 1 aromatic carbocycles. The van der Waals surface area contributed by atoms with E-state index in [1.54, 1.807) is 0 Å². The minimum absolute atomic E-state index is 0.133. The number of nitro benzene ring substituents is 1. The number of rotatable bonds is 10. The van der Waals surface area contributed by atoms with Crippen molar-refractivity contribution in [2.45, 2.75) is 25.8 Å². The van der Waals surface area contributed by atoms with Gasteiger partial charge in [0.2, 0.25) is 0 Å². The van der Waals surface area contributed by atoms with E-state index in [9.17, 15) is 14.9 Å². The van der Waals surface area contributed by atoms with Gasteiger partial charge in [-0.25, -0.2) is 0 Å². The van der Waals surface area contributed by atoms with Gasteiger partial charge in [-0.3, -0.25) is 14.9 Å². The maximum Gasteiger partial charge on any atom is 0.286 e. The minimum Gasteiger partial charge on any atom is -0.493 e. The lowest BCUT2D eigenvalue weighted by Crippen LogP contribution is -2.34. The van der Waals surface area contributed by atoms with Crippen molar-refractivity contribution in [3.8, 4) is 17.6 Å². The summed E-state index contributed by atoms with van der Waals surface area (Å²) < 4.78 is 15.4. The molecule has 0 radical (unpaired) electrons. The first-order valence-corrected chi connectivity index (χ1v) is 7.67. The van der Waals surface area contributed by atoms with Crippen molar-refractivity contribution < 1.29 is 23.9 Å². The van der Waals surface area contributed by atoms with E-state index < -0.39 is 22.6 Å². The van der Waals surface area contributed by atoms with E-state index in [2.05, 4.69) is 5.32 Å². The molecule has 25 heavy (non-hydrogen) atoms. The van der Waals surface area contributed by atoms with Crippen molar-refractivity contribution in [1.82, 2.24) is 5.32 Å². The molecule has 9 heteroatoms. The summed E-state index contributed by atoms with van der Waals surface area (Å²) in [5.74, 6) is -0.405. The first-order valence-electron chi connectivity index (χ1n) is 7.67. The number of nitrogens with one attached hydrogen (secondary N) is 1. The van der Waals surface area contributed by atoms with Gasteiger partial charge in [0, 0.05) is 13.2 Å². The molecule has 1 N–H and O–H groups in total. The Morgan fingerprint density at radius 3 is 2.60 bits per heavy atom. The highest BCUT2D eigenvalue weighted by atomic mass is 16.6. The average Bonchev–Trinajstić information content (AvgIpc) is 2.60. The SMILES string of the molecule is CCC[C@H](C#N)NC(=O)c1cc(OC)c(OCCOC)cc1[N+](=O)[O-].